The number of anilines is 1. The number of nitro benzene ring substituents is 1. The number of hydrazine groups is 1. The minimum Gasteiger partial charge on any atom is -0.313 e. The number of nitrogens with zero attached hydrogens (tertiary/aromatic N) is 2. The maximum absolute atomic E-state index is 13.1. The van der Waals surface area contributed by atoms with E-state index in [1.807, 2.05) is 0 Å². The highest BCUT2D eigenvalue weighted by Gasteiger charge is 2.17. The summed E-state index contributed by atoms with van der Waals surface area (Å²) >= 11 is 2.89. The molecule has 0 bridgehead atoms. The molecule has 0 fully saturated rings. The molecule has 0 atom stereocenters. The summed E-state index contributed by atoms with van der Waals surface area (Å²) in [7, 11) is 3.31. The molecule has 0 spiro atoms. The van der Waals surface area contributed by atoms with Gasteiger partial charge in [-0.05, 0) is 15.9 Å². The first-order valence-electron chi connectivity index (χ1n) is 3.99. The molecular formula is C8H9BrFN3O2. The molecule has 1 aromatic carbocycles. The van der Waals surface area contributed by atoms with Gasteiger partial charge in [0.05, 0.1) is 9.40 Å². The number of halogens is 2. The average Bonchev–Trinajstić information content (AvgIpc) is 2.09. The Hall–Kier alpha value is -1.21. The van der Waals surface area contributed by atoms with Gasteiger partial charge in [-0.1, -0.05) is 0 Å². The van der Waals surface area contributed by atoms with Crippen LogP contribution in [0.5, 0.6) is 0 Å². The Labute approximate surface area is 94.1 Å². The summed E-state index contributed by atoms with van der Waals surface area (Å²) in [5.41, 5.74) is 2.59. The number of rotatable bonds is 3. The van der Waals surface area contributed by atoms with Crippen LogP contribution in [-0.4, -0.2) is 24.0 Å². The summed E-state index contributed by atoms with van der Waals surface area (Å²) in [6, 6.07) is 2.20. The molecule has 0 saturated heterocycles. The van der Waals surface area contributed by atoms with E-state index < -0.39 is 10.7 Å². The predicted octanol–water partition coefficient (Wildman–Crippen LogP) is 2.38. The van der Waals surface area contributed by atoms with Crippen molar-refractivity contribution in [1.29, 1.82) is 0 Å². The molecule has 0 aromatic heterocycles. The van der Waals surface area contributed by atoms with Crippen molar-refractivity contribution in [1.82, 2.24) is 5.01 Å². The van der Waals surface area contributed by atoms with Crippen LogP contribution in [0.2, 0.25) is 0 Å². The van der Waals surface area contributed by atoms with Crippen molar-refractivity contribution in [2.45, 2.75) is 0 Å². The van der Waals surface area contributed by atoms with Crippen LogP contribution in [-0.2, 0) is 0 Å². The standard InChI is InChI=1S/C8H9BrFN3O2/c1-12(2)11-7-4-6(10)5(9)3-8(7)13(14)15/h3-4,11H,1-2H3. The van der Waals surface area contributed by atoms with Gasteiger partial charge in [0, 0.05) is 26.2 Å². The van der Waals surface area contributed by atoms with Crippen molar-refractivity contribution in [3.05, 3.63) is 32.5 Å². The summed E-state index contributed by atoms with van der Waals surface area (Å²) < 4.78 is 13.2. The van der Waals surface area contributed by atoms with Crippen molar-refractivity contribution in [3.8, 4) is 0 Å². The summed E-state index contributed by atoms with van der Waals surface area (Å²) in [6.45, 7) is 0. The number of benzene rings is 1. The first kappa shape index (κ1) is 11.9. The minimum absolute atomic E-state index is 0.0681. The maximum Gasteiger partial charge on any atom is 0.294 e. The van der Waals surface area contributed by atoms with E-state index in [2.05, 4.69) is 21.4 Å². The average molecular weight is 278 g/mol. The molecule has 0 aliphatic rings. The van der Waals surface area contributed by atoms with Gasteiger partial charge < -0.3 is 5.43 Å². The van der Waals surface area contributed by atoms with Gasteiger partial charge in [0.1, 0.15) is 11.5 Å². The second-order valence-corrected chi connectivity index (χ2v) is 3.90. The summed E-state index contributed by atoms with van der Waals surface area (Å²) in [6.07, 6.45) is 0. The van der Waals surface area contributed by atoms with Gasteiger partial charge in [-0.25, -0.2) is 9.40 Å². The molecule has 0 saturated carbocycles. The van der Waals surface area contributed by atoms with E-state index in [9.17, 15) is 14.5 Å². The molecule has 1 aromatic rings. The van der Waals surface area contributed by atoms with Gasteiger partial charge in [-0.3, -0.25) is 10.1 Å². The van der Waals surface area contributed by atoms with Gasteiger partial charge >= 0.3 is 0 Å². The van der Waals surface area contributed by atoms with E-state index in [1.54, 1.807) is 14.1 Å². The quantitative estimate of drug-likeness (QED) is 0.681. The van der Waals surface area contributed by atoms with Crippen molar-refractivity contribution < 1.29 is 9.31 Å². The molecule has 0 aliphatic carbocycles. The number of nitro groups is 1. The summed E-state index contributed by atoms with van der Waals surface area (Å²) in [4.78, 5) is 10.1. The van der Waals surface area contributed by atoms with Gasteiger partial charge in [0.2, 0.25) is 0 Å². The van der Waals surface area contributed by atoms with Crippen LogP contribution in [0.3, 0.4) is 0 Å². The number of hydrogen-bond donors (Lipinski definition) is 1. The van der Waals surface area contributed by atoms with E-state index in [4.69, 9.17) is 0 Å². The van der Waals surface area contributed by atoms with Crippen LogP contribution < -0.4 is 5.43 Å². The monoisotopic (exact) mass is 277 g/mol. The second kappa shape index (κ2) is 4.54. The molecule has 82 valence electrons. The zero-order valence-corrected chi connectivity index (χ0v) is 9.71. The Kier molecular flexibility index (Phi) is 3.59. The van der Waals surface area contributed by atoms with Crippen LogP contribution >= 0.6 is 15.9 Å². The van der Waals surface area contributed by atoms with Crippen LogP contribution in [0.15, 0.2) is 16.6 Å². The lowest BCUT2D eigenvalue weighted by Gasteiger charge is -2.13. The summed E-state index contributed by atoms with van der Waals surface area (Å²) in [5.74, 6) is -0.551. The topological polar surface area (TPSA) is 58.4 Å². The molecule has 7 heteroatoms. The van der Waals surface area contributed by atoms with E-state index in [-0.39, 0.29) is 15.8 Å². The predicted molar refractivity (Wildman–Crippen MR) is 58.1 cm³/mol. The Morgan fingerprint density at radius 2 is 2.13 bits per heavy atom. The van der Waals surface area contributed by atoms with Crippen LogP contribution in [0, 0.1) is 15.9 Å². The highest BCUT2D eigenvalue weighted by molar-refractivity contribution is 9.10. The molecule has 5 nitrogen and oxygen atoms in total. The Morgan fingerprint density at radius 3 is 2.60 bits per heavy atom. The highest BCUT2D eigenvalue weighted by Crippen LogP contribution is 2.30. The largest absolute Gasteiger partial charge is 0.313 e. The molecule has 15 heavy (non-hydrogen) atoms. The second-order valence-electron chi connectivity index (χ2n) is 3.05. The van der Waals surface area contributed by atoms with Crippen molar-refractivity contribution in [2.75, 3.05) is 19.5 Å². The minimum atomic E-state index is -0.573. The van der Waals surface area contributed by atoms with Gasteiger partial charge in [-0.15, -0.1) is 0 Å². The van der Waals surface area contributed by atoms with E-state index in [1.165, 1.54) is 5.01 Å². The van der Waals surface area contributed by atoms with Crippen LogP contribution in [0.1, 0.15) is 0 Å². The third-order valence-electron chi connectivity index (χ3n) is 1.58. The molecule has 0 heterocycles. The zero-order valence-electron chi connectivity index (χ0n) is 8.12. The van der Waals surface area contributed by atoms with Gasteiger partial charge in [-0.2, -0.15) is 0 Å². The van der Waals surface area contributed by atoms with E-state index >= 15 is 0 Å². The molecule has 1 rings (SSSR count). The zero-order chi connectivity index (χ0) is 11.6. The van der Waals surface area contributed by atoms with Gasteiger partial charge in [0.15, 0.2) is 0 Å². The number of hydrogen-bond acceptors (Lipinski definition) is 4. The Balaban J connectivity index is 3.22. The fourth-order valence-electron chi connectivity index (χ4n) is 1.02. The third-order valence-corrected chi connectivity index (χ3v) is 2.19. The summed E-state index contributed by atoms with van der Waals surface area (Å²) in [5, 5.41) is 12.2. The fraction of sp³-hybridized carbons (Fsp3) is 0.250. The van der Waals surface area contributed by atoms with E-state index in [0.717, 1.165) is 12.1 Å². The lowest BCUT2D eigenvalue weighted by molar-refractivity contribution is -0.384. The Bertz CT molecular complexity index is 398. The lowest BCUT2D eigenvalue weighted by Crippen LogP contribution is -2.20. The highest BCUT2D eigenvalue weighted by atomic mass is 79.9. The van der Waals surface area contributed by atoms with Crippen LogP contribution in [0.25, 0.3) is 0 Å². The third kappa shape index (κ3) is 2.87. The SMILES string of the molecule is CN(C)Nc1cc(F)c(Br)cc1[N+](=O)[O-]. The molecule has 0 aliphatic heterocycles. The number of nitrogens with one attached hydrogen (secondary N) is 1. The van der Waals surface area contributed by atoms with Crippen molar-refractivity contribution >= 4 is 27.3 Å². The van der Waals surface area contributed by atoms with Crippen molar-refractivity contribution in [2.24, 2.45) is 0 Å². The molecule has 0 radical (unpaired) electrons. The first-order valence-corrected chi connectivity index (χ1v) is 4.78. The molecule has 1 N–H and O–H groups in total. The normalized spacial score (nSPS) is 10.5. The fourth-order valence-corrected chi connectivity index (χ4v) is 1.35. The molecule has 0 amide bonds. The molecule has 0 unspecified atom stereocenters. The maximum atomic E-state index is 13.1. The lowest BCUT2D eigenvalue weighted by atomic mass is 10.2. The first-order chi connectivity index (χ1) is 6.91. The Morgan fingerprint density at radius 1 is 1.53 bits per heavy atom. The van der Waals surface area contributed by atoms with Crippen molar-refractivity contribution in [3.63, 3.8) is 0 Å². The molecular weight excluding hydrogens is 269 g/mol. The van der Waals surface area contributed by atoms with E-state index in [0.29, 0.717) is 0 Å². The van der Waals surface area contributed by atoms with Crippen LogP contribution in [0.4, 0.5) is 15.8 Å². The smallest absolute Gasteiger partial charge is 0.294 e. The van der Waals surface area contributed by atoms with Gasteiger partial charge in [0.25, 0.3) is 5.69 Å².